The first-order chi connectivity index (χ1) is 16.8. The Labute approximate surface area is 201 Å². The molecule has 1 N–H and O–H groups in total. The maximum absolute atomic E-state index is 12.9. The SMILES string of the molecule is Cc1ccc(Cn2nc(C)c(/C=C(\C#N)C(=O)Nc3cc4c(cc3[N+](=O)[O-])OCCO4)c2C)cc1. The van der Waals surface area contributed by atoms with Crippen molar-refractivity contribution in [1.82, 2.24) is 9.78 Å². The van der Waals surface area contributed by atoms with Crippen LogP contribution in [0.25, 0.3) is 6.08 Å². The molecule has 4 rings (SSSR count). The van der Waals surface area contributed by atoms with Crippen molar-refractivity contribution in [2.75, 3.05) is 18.5 Å². The van der Waals surface area contributed by atoms with Crippen LogP contribution in [0.5, 0.6) is 11.5 Å². The Balaban J connectivity index is 1.61. The summed E-state index contributed by atoms with van der Waals surface area (Å²) in [6, 6.07) is 12.5. The predicted molar refractivity (Wildman–Crippen MR) is 128 cm³/mol. The van der Waals surface area contributed by atoms with Gasteiger partial charge in [-0.15, -0.1) is 0 Å². The Bertz CT molecular complexity index is 1380. The number of carbonyl (C=O) groups is 1. The lowest BCUT2D eigenvalue weighted by Gasteiger charge is -2.19. The lowest BCUT2D eigenvalue weighted by molar-refractivity contribution is -0.384. The highest BCUT2D eigenvalue weighted by Crippen LogP contribution is 2.39. The van der Waals surface area contributed by atoms with Crippen LogP contribution in [0.3, 0.4) is 0 Å². The van der Waals surface area contributed by atoms with Crippen molar-refractivity contribution in [2.45, 2.75) is 27.3 Å². The monoisotopic (exact) mass is 473 g/mol. The number of benzene rings is 2. The van der Waals surface area contributed by atoms with Crippen LogP contribution in [-0.4, -0.2) is 33.8 Å². The second kappa shape index (κ2) is 9.69. The van der Waals surface area contributed by atoms with Gasteiger partial charge in [0.2, 0.25) is 0 Å². The molecule has 0 fully saturated rings. The quantitative estimate of drug-likeness (QED) is 0.247. The summed E-state index contributed by atoms with van der Waals surface area (Å²) in [7, 11) is 0. The summed E-state index contributed by atoms with van der Waals surface area (Å²) in [5.41, 5.74) is 3.65. The van der Waals surface area contributed by atoms with Crippen LogP contribution in [0.2, 0.25) is 0 Å². The highest BCUT2D eigenvalue weighted by molar-refractivity contribution is 6.10. The normalized spacial score (nSPS) is 12.7. The van der Waals surface area contributed by atoms with Crippen molar-refractivity contribution in [3.8, 4) is 17.6 Å². The number of nitrogens with zero attached hydrogens (tertiary/aromatic N) is 4. The van der Waals surface area contributed by atoms with Crippen LogP contribution in [-0.2, 0) is 11.3 Å². The van der Waals surface area contributed by atoms with Crippen molar-refractivity contribution in [3.63, 3.8) is 0 Å². The third kappa shape index (κ3) is 4.99. The molecule has 3 aromatic rings. The first-order valence-electron chi connectivity index (χ1n) is 10.9. The van der Waals surface area contributed by atoms with Gasteiger partial charge in [-0.2, -0.15) is 10.4 Å². The molecule has 1 aromatic heterocycles. The number of amides is 1. The van der Waals surface area contributed by atoms with Gasteiger partial charge in [-0.1, -0.05) is 29.8 Å². The van der Waals surface area contributed by atoms with E-state index in [-0.39, 0.29) is 41.7 Å². The fourth-order valence-electron chi connectivity index (χ4n) is 3.75. The molecule has 0 atom stereocenters. The van der Waals surface area contributed by atoms with Gasteiger partial charge in [0.25, 0.3) is 11.6 Å². The number of anilines is 1. The summed E-state index contributed by atoms with van der Waals surface area (Å²) in [6.07, 6.45) is 1.45. The average Bonchev–Trinajstić information content (AvgIpc) is 3.10. The van der Waals surface area contributed by atoms with Crippen molar-refractivity contribution < 1.29 is 19.2 Å². The number of nitriles is 1. The standard InChI is InChI=1S/C25H23N5O5/c1-15-4-6-18(7-5-15)14-29-17(3)20(16(2)28-29)10-19(13-26)25(31)27-21-11-23-24(35-9-8-34-23)12-22(21)30(32)33/h4-7,10-12H,8-9,14H2,1-3H3,(H,27,31)/b19-10+. The molecule has 1 aliphatic heterocycles. The summed E-state index contributed by atoms with van der Waals surface area (Å²) in [5.74, 6) is -0.273. The Morgan fingerprint density at radius 1 is 1.20 bits per heavy atom. The van der Waals surface area contributed by atoms with Gasteiger partial charge in [-0.05, 0) is 32.4 Å². The zero-order valence-corrected chi connectivity index (χ0v) is 19.5. The van der Waals surface area contributed by atoms with E-state index < -0.39 is 10.8 Å². The maximum Gasteiger partial charge on any atom is 0.296 e. The molecule has 0 radical (unpaired) electrons. The van der Waals surface area contributed by atoms with E-state index in [9.17, 15) is 20.2 Å². The first kappa shape index (κ1) is 23.5. The number of hydrogen-bond acceptors (Lipinski definition) is 7. The Morgan fingerprint density at radius 2 is 1.86 bits per heavy atom. The molecule has 1 aliphatic rings. The van der Waals surface area contributed by atoms with Crippen molar-refractivity contribution in [1.29, 1.82) is 5.26 Å². The molecule has 35 heavy (non-hydrogen) atoms. The third-order valence-electron chi connectivity index (χ3n) is 5.65. The van der Waals surface area contributed by atoms with Crippen LogP contribution in [0, 0.1) is 42.2 Å². The number of nitro benzene ring substituents is 1. The summed E-state index contributed by atoms with van der Waals surface area (Å²) in [5, 5.41) is 28.2. The Kier molecular flexibility index (Phi) is 6.51. The largest absolute Gasteiger partial charge is 0.486 e. The molecule has 0 saturated carbocycles. The number of aromatic nitrogens is 2. The highest BCUT2D eigenvalue weighted by Gasteiger charge is 2.25. The third-order valence-corrected chi connectivity index (χ3v) is 5.65. The topological polar surface area (TPSA) is 132 Å². The van der Waals surface area contributed by atoms with Gasteiger partial charge in [-0.25, -0.2) is 0 Å². The molecule has 0 aliphatic carbocycles. The highest BCUT2D eigenvalue weighted by atomic mass is 16.6. The number of fused-ring (bicyclic) bond motifs is 1. The molecular weight excluding hydrogens is 450 g/mol. The summed E-state index contributed by atoms with van der Waals surface area (Å²) in [4.78, 5) is 23.8. The number of aryl methyl sites for hydroxylation is 2. The van der Waals surface area contributed by atoms with E-state index in [1.165, 1.54) is 18.2 Å². The van der Waals surface area contributed by atoms with E-state index in [2.05, 4.69) is 10.4 Å². The minimum absolute atomic E-state index is 0.0890. The van der Waals surface area contributed by atoms with Crippen LogP contribution < -0.4 is 14.8 Å². The molecule has 2 heterocycles. The summed E-state index contributed by atoms with van der Waals surface area (Å²) in [6.45, 7) is 6.77. The molecule has 0 unspecified atom stereocenters. The van der Waals surface area contributed by atoms with E-state index in [0.29, 0.717) is 17.8 Å². The van der Waals surface area contributed by atoms with E-state index in [4.69, 9.17) is 9.47 Å². The smallest absolute Gasteiger partial charge is 0.296 e. The maximum atomic E-state index is 12.9. The average molecular weight is 473 g/mol. The Hall–Kier alpha value is -4.65. The van der Waals surface area contributed by atoms with Gasteiger partial charge in [-0.3, -0.25) is 19.6 Å². The zero-order chi connectivity index (χ0) is 25.1. The molecule has 178 valence electrons. The molecule has 1 amide bonds. The number of ether oxygens (including phenoxy) is 2. The van der Waals surface area contributed by atoms with Crippen LogP contribution >= 0.6 is 0 Å². The zero-order valence-electron chi connectivity index (χ0n) is 19.5. The summed E-state index contributed by atoms with van der Waals surface area (Å²) < 4.78 is 12.7. The van der Waals surface area contributed by atoms with E-state index in [1.807, 2.05) is 48.9 Å². The van der Waals surface area contributed by atoms with Gasteiger partial charge >= 0.3 is 0 Å². The van der Waals surface area contributed by atoms with Crippen molar-refractivity contribution in [3.05, 3.63) is 80.2 Å². The lowest BCUT2D eigenvalue weighted by Crippen LogP contribution is -2.18. The Morgan fingerprint density at radius 3 is 2.49 bits per heavy atom. The lowest BCUT2D eigenvalue weighted by atomic mass is 10.1. The minimum Gasteiger partial charge on any atom is -0.486 e. The molecule has 0 bridgehead atoms. The second-order valence-electron chi connectivity index (χ2n) is 8.12. The molecule has 2 aromatic carbocycles. The number of nitrogens with one attached hydrogen (secondary N) is 1. The molecule has 0 saturated heterocycles. The van der Waals surface area contributed by atoms with E-state index in [1.54, 1.807) is 6.92 Å². The van der Waals surface area contributed by atoms with Gasteiger partial charge in [0.1, 0.15) is 30.5 Å². The van der Waals surface area contributed by atoms with Crippen molar-refractivity contribution >= 4 is 23.4 Å². The number of carbonyl (C=O) groups excluding carboxylic acids is 1. The minimum atomic E-state index is -0.780. The fourth-order valence-corrected chi connectivity index (χ4v) is 3.75. The van der Waals surface area contributed by atoms with Crippen LogP contribution in [0.4, 0.5) is 11.4 Å². The van der Waals surface area contributed by atoms with Crippen molar-refractivity contribution in [2.24, 2.45) is 0 Å². The van der Waals surface area contributed by atoms with Crippen LogP contribution in [0.15, 0.2) is 42.0 Å². The van der Waals surface area contributed by atoms with Gasteiger partial charge in [0, 0.05) is 17.3 Å². The molecule has 10 nitrogen and oxygen atoms in total. The van der Waals surface area contributed by atoms with Gasteiger partial charge in [0.05, 0.1) is 23.2 Å². The first-order valence-corrected chi connectivity index (χ1v) is 10.9. The molecule has 10 heteroatoms. The van der Waals surface area contributed by atoms with Crippen LogP contribution in [0.1, 0.15) is 28.1 Å². The molecular formula is C25H23N5O5. The number of rotatable bonds is 6. The van der Waals surface area contributed by atoms with Gasteiger partial charge < -0.3 is 14.8 Å². The molecule has 0 spiro atoms. The van der Waals surface area contributed by atoms with E-state index >= 15 is 0 Å². The predicted octanol–water partition coefficient (Wildman–Crippen LogP) is 4.08. The van der Waals surface area contributed by atoms with Gasteiger partial charge in [0.15, 0.2) is 11.5 Å². The summed E-state index contributed by atoms with van der Waals surface area (Å²) >= 11 is 0. The van der Waals surface area contributed by atoms with E-state index in [0.717, 1.165) is 16.8 Å². The number of nitro groups is 1. The fraction of sp³-hybridized carbons (Fsp3) is 0.240. The second-order valence-corrected chi connectivity index (χ2v) is 8.12. The number of hydrogen-bond donors (Lipinski definition) is 1.